The van der Waals surface area contributed by atoms with Crippen molar-refractivity contribution in [3.8, 4) is 0 Å². The molecule has 1 fully saturated rings. The molecule has 2 aromatic heterocycles. The topological polar surface area (TPSA) is 35.8 Å². The van der Waals surface area contributed by atoms with Crippen molar-refractivity contribution >= 4 is 16.3 Å². The molecule has 0 spiro atoms. The lowest BCUT2D eigenvalue weighted by molar-refractivity contribution is 0.102. The Morgan fingerprint density at radius 1 is 1.35 bits per heavy atom. The van der Waals surface area contributed by atoms with Crippen molar-refractivity contribution in [2.75, 3.05) is 33.2 Å². The van der Waals surface area contributed by atoms with Crippen molar-refractivity contribution in [3.05, 3.63) is 23.5 Å². The van der Waals surface area contributed by atoms with E-state index < -0.39 is 0 Å². The molecule has 0 aliphatic carbocycles. The van der Waals surface area contributed by atoms with Crippen molar-refractivity contribution in [2.45, 2.75) is 6.54 Å². The number of aromatic nitrogens is 2. The smallest absolute Gasteiger partial charge is 0.193 e. The number of imidazole rings is 1. The third-order valence-electron chi connectivity index (χ3n) is 3.13. The van der Waals surface area contributed by atoms with Gasteiger partial charge in [-0.15, -0.1) is 11.3 Å². The minimum Gasteiger partial charge on any atom is -0.304 e. The van der Waals surface area contributed by atoms with E-state index in [0.29, 0.717) is 0 Å². The Hall–Kier alpha value is -0.950. The van der Waals surface area contributed by atoms with E-state index in [9.17, 15) is 0 Å². The van der Waals surface area contributed by atoms with Crippen LogP contribution >= 0.6 is 11.3 Å². The minimum atomic E-state index is 0.818. The summed E-state index contributed by atoms with van der Waals surface area (Å²) in [4.78, 5) is 7.98. The van der Waals surface area contributed by atoms with Gasteiger partial charge in [0.25, 0.3) is 0 Å². The normalized spacial score (nSPS) is 19.1. The highest BCUT2D eigenvalue weighted by atomic mass is 32.1. The maximum Gasteiger partial charge on any atom is 0.193 e. The summed E-state index contributed by atoms with van der Waals surface area (Å²) in [5.74, 6) is 0. The fourth-order valence-corrected chi connectivity index (χ4v) is 2.74. The first-order valence-corrected chi connectivity index (χ1v) is 6.77. The number of hydrogen-bond acceptors (Lipinski definition) is 5. The first-order chi connectivity index (χ1) is 8.31. The Labute approximate surface area is 105 Å². The number of fused-ring (bicyclic) bond motifs is 1. The van der Waals surface area contributed by atoms with Crippen LogP contribution in [0.25, 0.3) is 4.96 Å². The van der Waals surface area contributed by atoms with Crippen molar-refractivity contribution in [2.24, 2.45) is 0 Å². The summed E-state index contributed by atoms with van der Waals surface area (Å²) in [6.45, 7) is 5.24. The predicted octanol–water partition coefficient (Wildman–Crippen LogP) is 0.648. The molecule has 2 aromatic rings. The van der Waals surface area contributed by atoms with Crippen molar-refractivity contribution in [1.82, 2.24) is 24.7 Å². The number of likely N-dealkylation sites (N-methyl/N-ethyl adjacent to an activating group) is 1. The summed E-state index contributed by atoms with van der Waals surface area (Å²) in [5.41, 5.74) is 4.55. The zero-order valence-electron chi connectivity index (χ0n) is 9.96. The second kappa shape index (κ2) is 4.73. The van der Waals surface area contributed by atoms with Gasteiger partial charge in [0.1, 0.15) is 0 Å². The first-order valence-electron chi connectivity index (χ1n) is 5.89. The molecule has 1 aliphatic rings. The maximum absolute atomic E-state index is 4.55. The van der Waals surface area contributed by atoms with Gasteiger partial charge in [0, 0.05) is 44.0 Å². The first kappa shape index (κ1) is 11.2. The third-order valence-corrected chi connectivity index (χ3v) is 3.90. The van der Waals surface area contributed by atoms with Gasteiger partial charge in [0.15, 0.2) is 4.96 Å². The van der Waals surface area contributed by atoms with Crippen LogP contribution in [0.15, 0.2) is 17.8 Å². The number of piperazine rings is 1. The molecule has 1 aliphatic heterocycles. The number of nitrogens with zero attached hydrogens (tertiary/aromatic N) is 4. The molecular formula is C11H17N5S. The molecule has 17 heavy (non-hydrogen) atoms. The van der Waals surface area contributed by atoms with Crippen LogP contribution in [0, 0.1) is 0 Å². The summed E-state index contributed by atoms with van der Waals surface area (Å²) < 4.78 is 2.08. The predicted molar refractivity (Wildman–Crippen MR) is 69.0 cm³/mol. The summed E-state index contributed by atoms with van der Waals surface area (Å²) in [5, 5.41) is 4.34. The number of hydrogen-bond donors (Lipinski definition) is 1. The number of nitrogens with one attached hydrogen (secondary N) is 1. The molecule has 6 heteroatoms. The Kier molecular flexibility index (Phi) is 3.11. The molecule has 3 heterocycles. The average Bonchev–Trinajstić information content (AvgIpc) is 2.88. The molecule has 0 bridgehead atoms. The molecular weight excluding hydrogens is 234 g/mol. The highest BCUT2D eigenvalue weighted by Gasteiger charge is 2.13. The molecule has 0 saturated carbocycles. The van der Waals surface area contributed by atoms with Gasteiger partial charge in [-0.1, -0.05) is 0 Å². The lowest BCUT2D eigenvalue weighted by Crippen LogP contribution is -2.50. The van der Waals surface area contributed by atoms with Crippen LogP contribution in [-0.4, -0.2) is 52.5 Å². The average molecular weight is 251 g/mol. The van der Waals surface area contributed by atoms with E-state index in [1.165, 1.54) is 0 Å². The molecule has 0 amide bonds. The van der Waals surface area contributed by atoms with Crippen molar-refractivity contribution < 1.29 is 0 Å². The standard InChI is InChI=1S/C11H17N5S/c1-14-2-4-16(5-3-14)12-8-10-9-15-6-7-17-11(15)13-10/h6-7,9,12H,2-5,8H2,1H3. The maximum atomic E-state index is 4.55. The monoisotopic (exact) mass is 251 g/mol. The molecule has 5 nitrogen and oxygen atoms in total. The van der Waals surface area contributed by atoms with Crippen LogP contribution in [0.1, 0.15) is 5.69 Å². The molecule has 1 N–H and O–H groups in total. The Morgan fingerprint density at radius 3 is 2.94 bits per heavy atom. The molecule has 0 aromatic carbocycles. The van der Waals surface area contributed by atoms with Crippen molar-refractivity contribution in [3.63, 3.8) is 0 Å². The zero-order chi connectivity index (χ0) is 11.7. The lowest BCUT2D eigenvalue weighted by atomic mass is 10.4. The van der Waals surface area contributed by atoms with Gasteiger partial charge < -0.3 is 4.90 Å². The summed E-state index contributed by atoms with van der Waals surface area (Å²) >= 11 is 1.67. The highest BCUT2D eigenvalue weighted by Crippen LogP contribution is 2.11. The highest BCUT2D eigenvalue weighted by molar-refractivity contribution is 7.15. The van der Waals surface area contributed by atoms with E-state index in [1.807, 2.05) is 6.20 Å². The second-order valence-corrected chi connectivity index (χ2v) is 5.32. The van der Waals surface area contributed by atoms with E-state index in [-0.39, 0.29) is 0 Å². The molecule has 0 unspecified atom stereocenters. The van der Waals surface area contributed by atoms with Crippen LogP contribution in [-0.2, 0) is 6.54 Å². The minimum absolute atomic E-state index is 0.818. The summed E-state index contributed by atoms with van der Waals surface area (Å²) in [7, 11) is 2.17. The van der Waals surface area contributed by atoms with Gasteiger partial charge in [-0.25, -0.2) is 15.4 Å². The van der Waals surface area contributed by atoms with E-state index in [0.717, 1.165) is 43.4 Å². The Balaban J connectivity index is 1.55. The number of thiazole rings is 1. The molecule has 0 radical (unpaired) electrons. The largest absolute Gasteiger partial charge is 0.304 e. The second-order valence-electron chi connectivity index (χ2n) is 4.45. The van der Waals surface area contributed by atoms with Gasteiger partial charge in [0.2, 0.25) is 0 Å². The van der Waals surface area contributed by atoms with Crippen LogP contribution < -0.4 is 5.43 Å². The molecule has 0 atom stereocenters. The summed E-state index contributed by atoms with van der Waals surface area (Å²) in [6, 6.07) is 0. The molecule has 3 rings (SSSR count). The molecule has 92 valence electrons. The van der Waals surface area contributed by atoms with Gasteiger partial charge in [-0.05, 0) is 7.05 Å². The Morgan fingerprint density at radius 2 is 2.18 bits per heavy atom. The fraction of sp³-hybridized carbons (Fsp3) is 0.545. The van der Waals surface area contributed by atoms with Crippen molar-refractivity contribution in [1.29, 1.82) is 0 Å². The van der Waals surface area contributed by atoms with Crippen LogP contribution in [0.3, 0.4) is 0 Å². The van der Waals surface area contributed by atoms with Gasteiger partial charge in [-0.2, -0.15) is 0 Å². The van der Waals surface area contributed by atoms with Crippen LogP contribution in [0.4, 0.5) is 0 Å². The van der Waals surface area contributed by atoms with Gasteiger partial charge in [0.05, 0.1) is 12.2 Å². The van der Waals surface area contributed by atoms with E-state index in [2.05, 4.69) is 43.3 Å². The SMILES string of the molecule is CN1CCN(NCc2cn3ccsc3n2)CC1. The van der Waals surface area contributed by atoms with Crippen LogP contribution in [0.2, 0.25) is 0 Å². The number of rotatable bonds is 3. The van der Waals surface area contributed by atoms with Gasteiger partial charge >= 0.3 is 0 Å². The van der Waals surface area contributed by atoms with E-state index in [4.69, 9.17) is 0 Å². The fourth-order valence-electron chi connectivity index (χ4n) is 2.02. The Bertz CT molecular complexity index is 454. The lowest BCUT2D eigenvalue weighted by Gasteiger charge is -2.32. The zero-order valence-corrected chi connectivity index (χ0v) is 10.8. The summed E-state index contributed by atoms with van der Waals surface area (Å²) in [6.07, 6.45) is 4.14. The van der Waals surface area contributed by atoms with E-state index in [1.54, 1.807) is 11.3 Å². The van der Waals surface area contributed by atoms with Crippen LogP contribution in [0.5, 0.6) is 0 Å². The third kappa shape index (κ3) is 2.50. The van der Waals surface area contributed by atoms with Gasteiger partial charge in [-0.3, -0.25) is 4.40 Å². The number of hydrazine groups is 1. The van der Waals surface area contributed by atoms with E-state index >= 15 is 0 Å². The molecule has 1 saturated heterocycles. The quantitative estimate of drug-likeness (QED) is 0.869.